The monoisotopic (exact) mass is 350 g/mol. The van der Waals surface area contributed by atoms with Crippen LogP contribution >= 0.6 is 0 Å². The van der Waals surface area contributed by atoms with Gasteiger partial charge in [-0.2, -0.15) is 5.10 Å². The molecule has 1 amide bonds. The maximum absolute atomic E-state index is 12.4. The summed E-state index contributed by atoms with van der Waals surface area (Å²) < 4.78 is 3.92. The Kier molecular flexibility index (Phi) is 4.77. The third-order valence-corrected chi connectivity index (χ3v) is 4.69. The number of rotatable bonds is 5. The SMILES string of the molecule is O=C(NCCc1nnc2n1CCCCC2)c1cnn(-c2ccccc2)c1. The minimum atomic E-state index is -0.122. The topological polar surface area (TPSA) is 77.6 Å². The van der Waals surface area contributed by atoms with Gasteiger partial charge >= 0.3 is 0 Å². The fourth-order valence-corrected chi connectivity index (χ4v) is 3.28. The van der Waals surface area contributed by atoms with Crippen molar-refractivity contribution in [3.63, 3.8) is 0 Å². The van der Waals surface area contributed by atoms with Crippen LogP contribution in [0.1, 0.15) is 41.3 Å². The lowest BCUT2D eigenvalue weighted by atomic mass is 10.2. The zero-order valence-electron chi connectivity index (χ0n) is 14.6. The Labute approximate surface area is 152 Å². The van der Waals surface area contributed by atoms with Crippen molar-refractivity contribution in [2.75, 3.05) is 6.54 Å². The molecule has 7 nitrogen and oxygen atoms in total. The minimum Gasteiger partial charge on any atom is -0.351 e. The highest BCUT2D eigenvalue weighted by Gasteiger charge is 2.15. The van der Waals surface area contributed by atoms with Crippen LogP contribution in [0.5, 0.6) is 0 Å². The molecule has 2 aromatic heterocycles. The van der Waals surface area contributed by atoms with Crippen molar-refractivity contribution in [1.29, 1.82) is 0 Å². The van der Waals surface area contributed by atoms with Gasteiger partial charge in [0.05, 0.1) is 17.4 Å². The summed E-state index contributed by atoms with van der Waals surface area (Å²) in [6.45, 7) is 1.52. The zero-order valence-corrected chi connectivity index (χ0v) is 14.6. The minimum absolute atomic E-state index is 0.122. The first-order valence-corrected chi connectivity index (χ1v) is 9.10. The second kappa shape index (κ2) is 7.51. The van der Waals surface area contributed by atoms with Gasteiger partial charge in [-0.1, -0.05) is 24.6 Å². The average Bonchev–Trinajstić information content (AvgIpc) is 3.24. The van der Waals surface area contributed by atoms with E-state index in [1.165, 1.54) is 19.3 Å². The average molecular weight is 350 g/mol. The van der Waals surface area contributed by atoms with Gasteiger partial charge in [-0.3, -0.25) is 4.79 Å². The standard InChI is InChI=1S/C19H22N6O/c26-19(15-13-21-25(14-15)16-7-3-1-4-8-16)20-11-10-18-23-22-17-9-5-2-6-12-24(17)18/h1,3-4,7-8,13-14H,2,5-6,9-12H2,(H,20,26). The van der Waals surface area contributed by atoms with Gasteiger partial charge in [-0.15, -0.1) is 10.2 Å². The van der Waals surface area contributed by atoms with Gasteiger partial charge in [0.1, 0.15) is 11.6 Å². The maximum atomic E-state index is 12.4. The van der Waals surface area contributed by atoms with E-state index in [1.807, 2.05) is 30.3 Å². The lowest BCUT2D eigenvalue weighted by Gasteiger charge is -2.07. The highest BCUT2D eigenvalue weighted by Crippen LogP contribution is 2.14. The molecule has 3 aromatic rings. The van der Waals surface area contributed by atoms with Crippen molar-refractivity contribution < 1.29 is 4.79 Å². The molecule has 1 aliphatic heterocycles. The Hall–Kier alpha value is -2.96. The predicted molar refractivity (Wildman–Crippen MR) is 97.2 cm³/mol. The van der Waals surface area contributed by atoms with Crippen LogP contribution < -0.4 is 5.32 Å². The van der Waals surface area contributed by atoms with Crippen LogP contribution in [0.2, 0.25) is 0 Å². The third kappa shape index (κ3) is 3.51. The largest absolute Gasteiger partial charge is 0.351 e. The molecule has 0 saturated carbocycles. The predicted octanol–water partition coefficient (Wildman–Crippen LogP) is 2.16. The Bertz CT molecular complexity index is 883. The van der Waals surface area contributed by atoms with Crippen LogP contribution in [0.15, 0.2) is 42.7 Å². The Morgan fingerprint density at radius 1 is 1.12 bits per heavy atom. The zero-order chi connectivity index (χ0) is 17.8. The summed E-state index contributed by atoms with van der Waals surface area (Å²) in [4.78, 5) is 12.4. The van der Waals surface area contributed by atoms with Gasteiger partial charge in [0.15, 0.2) is 0 Å². The highest BCUT2D eigenvalue weighted by atomic mass is 16.1. The van der Waals surface area contributed by atoms with Crippen LogP contribution in [-0.4, -0.2) is 37.0 Å². The van der Waals surface area contributed by atoms with E-state index in [0.29, 0.717) is 18.5 Å². The molecule has 0 spiro atoms. The van der Waals surface area contributed by atoms with E-state index in [0.717, 1.165) is 30.3 Å². The number of benzene rings is 1. The van der Waals surface area contributed by atoms with Crippen LogP contribution in [0.25, 0.3) is 5.69 Å². The summed E-state index contributed by atoms with van der Waals surface area (Å²) in [6, 6.07) is 9.74. The maximum Gasteiger partial charge on any atom is 0.254 e. The molecule has 0 saturated heterocycles. The van der Waals surface area contributed by atoms with Gasteiger partial charge in [0, 0.05) is 32.1 Å². The second-order valence-corrected chi connectivity index (χ2v) is 6.51. The van der Waals surface area contributed by atoms with Crippen LogP contribution in [0.4, 0.5) is 0 Å². The van der Waals surface area contributed by atoms with Crippen LogP contribution in [-0.2, 0) is 19.4 Å². The molecular weight excluding hydrogens is 328 g/mol. The molecule has 1 aliphatic rings. The summed E-state index contributed by atoms with van der Waals surface area (Å²) in [7, 11) is 0. The van der Waals surface area contributed by atoms with Crippen molar-refractivity contribution in [3.8, 4) is 5.69 Å². The van der Waals surface area contributed by atoms with Gasteiger partial charge in [-0.05, 0) is 25.0 Å². The molecule has 0 aliphatic carbocycles. The lowest BCUT2D eigenvalue weighted by molar-refractivity contribution is 0.0954. The van der Waals surface area contributed by atoms with E-state index < -0.39 is 0 Å². The van der Waals surface area contributed by atoms with Gasteiger partial charge < -0.3 is 9.88 Å². The molecule has 0 unspecified atom stereocenters. The Balaban J connectivity index is 1.35. The number of aryl methyl sites for hydroxylation is 1. The van der Waals surface area contributed by atoms with Crippen molar-refractivity contribution in [2.24, 2.45) is 0 Å². The number of carbonyl (C=O) groups excluding carboxylic acids is 1. The van der Waals surface area contributed by atoms with Crippen LogP contribution in [0, 0.1) is 0 Å². The number of nitrogens with one attached hydrogen (secondary N) is 1. The van der Waals surface area contributed by atoms with Crippen molar-refractivity contribution in [2.45, 2.75) is 38.6 Å². The van der Waals surface area contributed by atoms with Crippen molar-refractivity contribution >= 4 is 5.91 Å². The molecule has 0 fully saturated rings. The van der Waals surface area contributed by atoms with E-state index in [9.17, 15) is 4.79 Å². The molecular formula is C19H22N6O. The lowest BCUT2D eigenvalue weighted by Crippen LogP contribution is -2.26. The second-order valence-electron chi connectivity index (χ2n) is 6.51. The van der Waals surface area contributed by atoms with Crippen molar-refractivity contribution in [1.82, 2.24) is 29.9 Å². The van der Waals surface area contributed by atoms with Gasteiger partial charge in [-0.25, -0.2) is 4.68 Å². The number of fused-ring (bicyclic) bond motifs is 1. The number of nitrogens with zero attached hydrogens (tertiary/aromatic N) is 5. The number of amides is 1. The smallest absolute Gasteiger partial charge is 0.254 e. The molecule has 3 heterocycles. The number of hydrogen-bond donors (Lipinski definition) is 1. The van der Waals surface area contributed by atoms with Crippen LogP contribution in [0.3, 0.4) is 0 Å². The Morgan fingerprint density at radius 2 is 2.00 bits per heavy atom. The fourth-order valence-electron chi connectivity index (χ4n) is 3.28. The molecule has 1 aromatic carbocycles. The molecule has 7 heteroatoms. The van der Waals surface area contributed by atoms with Gasteiger partial charge in [0.2, 0.25) is 0 Å². The first-order valence-electron chi connectivity index (χ1n) is 9.10. The first-order chi connectivity index (χ1) is 12.8. The van der Waals surface area contributed by atoms with E-state index in [-0.39, 0.29) is 5.91 Å². The summed E-state index contributed by atoms with van der Waals surface area (Å²) in [5.74, 6) is 1.91. The molecule has 4 rings (SSSR count). The molecule has 1 N–H and O–H groups in total. The molecule has 134 valence electrons. The summed E-state index contributed by atoms with van der Waals surface area (Å²) >= 11 is 0. The number of para-hydroxylation sites is 1. The highest BCUT2D eigenvalue weighted by molar-refractivity contribution is 5.93. The summed E-state index contributed by atoms with van der Waals surface area (Å²) in [5.41, 5.74) is 1.48. The van der Waals surface area contributed by atoms with E-state index in [1.54, 1.807) is 17.1 Å². The molecule has 26 heavy (non-hydrogen) atoms. The first kappa shape index (κ1) is 16.5. The fraction of sp³-hybridized carbons (Fsp3) is 0.368. The van der Waals surface area contributed by atoms with Crippen molar-refractivity contribution in [3.05, 3.63) is 59.9 Å². The Morgan fingerprint density at radius 3 is 2.88 bits per heavy atom. The van der Waals surface area contributed by atoms with E-state index in [2.05, 4.69) is 25.2 Å². The molecule has 0 bridgehead atoms. The van der Waals surface area contributed by atoms with Gasteiger partial charge in [0.25, 0.3) is 5.91 Å². The number of aromatic nitrogens is 5. The normalized spacial score (nSPS) is 13.8. The molecule has 0 atom stereocenters. The van der Waals surface area contributed by atoms with E-state index >= 15 is 0 Å². The summed E-state index contributed by atoms with van der Waals surface area (Å²) in [6.07, 6.45) is 8.61. The number of carbonyl (C=O) groups is 1. The third-order valence-electron chi connectivity index (χ3n) is 4.69. The summed E-state index contributed by atoms with van der Waals surface area (Å²) in [5, 5.41) is 15.8. The molecule has 0 radical (unpaired) electrons. The van der Waals surface area contributed by atoms with E-state index in [4.69, 9.17) is 0 Å². The quantitative estimate of drug-likeness (QED) is 0.765. The number of hydrogen-bond acceptors (Lipinski definition) is 4.